The minimum absolute atomic E-state index is 0.0783. The van der Waals surface area contributed by atoms with Crippen LogP contribution in [0.1, 0.15) is 74.6 Å². The van der Waals surface area contributed by atoms with E-state index in [9.17, 15) is 24.6 Å². The van der Waals surface area contributed by atoms with E-state index in [1.807, 2.05) is 6.92 Å². The van der Waals surface area contributed by atoms with Gasteiger partial charge in [0.25, 0.3) is 5.56 Å². The van der Waals surface area contributed by atoms with Crippen LogP contribution in [0, 0.1) is 0 Å². The van der Waals surface area contributed by atoms with E-state index in [0.717, 1.165) is 36.0 Å². The molecule has 2 unspecified atom stereocenters. The number of aliphatic hydroxyl groups is 2. The number of likely N-dealkylation sites (tertiary alicyclic amines) is 2. The molecule has 2 N–H and O–H groups in total. The molecule has 44 heavy (non-hydrogen) atoms. The van der Waals surface area contributed by atoms with E-state index in [1.165, 1.54) is 24.2 Å². The molecule has 7 rings (SSSR count). The van der Waals surface area contributed by atoms with Crippen molar-refractivity contribution in [1.82, 2.24) is 19.4 Å². The maximum absolute atomic E-state index is 13.6. The van der Waals surface area contributed by atoms with Crippen molar-refractivity contribution >= 4 is 23.0 Å². The molecule has 0 saturated carbocycles. The zero-order valence-corrected chi connectivity index (χ0v) is 25.2. The Bertz CT molecular complexity index is 1730. The van der Waals surface area contributed by atoms with Crippen molar-refractivity contribution < 1.29 is 29.3 Å². The largest absolute Gasteiger partial charge is 0.458 e. The lowest BCUT2D eigenvalue weighted by Gasteiger charge is -2.42. The number of fused-ring (bicyclic) bond motifs is 5. The number of nitrogens with zero attached hydrogens (tertiary/aromatic N) is 4. The van der Waals surface area contributed by atoms with Gasteiger partial charge < -0.3 is 29.2 Å². The first-order valence-electron chi connectivity index (χ1n) is 15.8. The summed E-state index contributed by atoms with van der Waals surface area (Å²) in [5.41, 5.74) is 2.09. The van der Waals surface area contributed by atoms with Gasteiger partial charge in [-0.2, -0.15) is 0 Å². The lowest BCUT2D eigenvalue weighted by Crippen LogP contribution is -2.53. The van der Waals surface area contributed by atoms with Crippen LogP contribution in [0.4, 0.5) is 4.79 Å². The summed E-state index contributed by atoms with van der Waals surface area (Å²) in [6.45, 7) is 6.35. The van der Waals surface area contributed by atoms with Crippen LogP contribution in [-0.2, 0) is 34.7 Å². The highest BCUT2D eigenvalue weighted by Gasteiger charge is 2.45. The third-order valence-corrected chi connectivity index (χ3v) is 10.0. The molecule has 0 spiro atoms. The summed E-state index contributed by atoms with van der Waals surface area (Å²) in [6.07, 6.45) is 4.19. The fraction of sp³-hybridized carbons (Fsp3) is 0.515. The number of hydrogen-bond donors (Lipinski definition) is 2. The molecule has 3 atom stereocenters. The average Bonchev–Trinajstić information content (AvgIpc) is 3.40. The van der Waals surface area contributed by atoms with Crippen molar-refractivity contribution in [3.63, 3.8) is 0 Å². The molecule has 1 aromatic carbocycles. The van der Waals surface area contributed by atoms with Crippen molar-refractivity contribution in [3.05, 3.63) is 56.9 Å². The van der Waals surface area contributed by atoms with Crippen molar-refractivity contribution in [2.24, 2.45) is 0 Å². The second-order valence-corrected chi connectivity index (χ2v) is 12.4. The lowest BCUT2D eigenvalue weighted by molar-refractivity contribution is -0.172. The molecule has 2 saturated heterocycles. The number of esters is 1. The Labute approximate surface area is 255 Å². The van der Waals surface area contributed by atoms with E-state index in [4.69, 9.17) is 14.5 Å². The molecule has 2 fully saturated rings. The number of cyclic esters (lactones) is 1. The fourth-order valence-electron chi connectivity index (χ4n) is 7.52. The molecular formula is C33H38N4O7. The Balaban J connectivity index is 1.17. The van der Waals surface area contributed by atoms with E-state index >= 15 is 0 Å². The molecule has 11 heteroatoms. The molecule has 4 aliphatic rings. The Kier molecular flexibility index (Phi) is 7.22. The second kappa shape index (κ2) is 11.0. The number of benzene rings is 1. The SMILES string of the molecule is CCc1c2c(nc3ccc(OC(=O)N4CCC(N5CCCCC5)CC4O)cc13)-c1cc3c(c(=O)n1C2)COC(=O)[C@]3(O)CC. The predicted molar refractivity (Wildman–Crippen MR) is 161 cm³/mol. The van der Waals surface area contributed by atoms with E-state index in [2.05, 4.69) is 4.90 Å². The molecule has 1 amide bonds. The number of aromatic nitrogens is 2. The van der Waals surface area contributed by atoms with Crippen molar-refractivity contribution in [1.29, 1.82) is 0 Å². The normalized spacial score (nSPS) is 24.9. The van der Waals surface area contributed by atoms with Gasteiger partial charge in [0.2, 0.25) is 0 Å². The molecule has 11 nitrogen and oxygen atoms in total. The topological polar surface area (TPSA) is 134 Å². The first-order chi connectivity index (χ1) is 21.2. The molecule has 0 aliphatic carbocycles. The number of pyridine rings is 2. The Morgan fingerprint density at radius 3 is 2.64 bits per heavy atom. The van der Waals surface area contributed by atoms with Crippen molar-refractivity contribution in [2.45, 2.75) is 89.8 Å². The van der Waals surface area contributed by atoms with Crippen LogP contribution in [0.2, 0.25) is 0 Å². The van der Waals surface area contributed by atoms with E-state index < -0.39 is 23.9 Å². The minimum atomic E-state index is -1.88. The summed E-state index contributed by atoms with van der Waals surface area (Å²) in [5.74, 6) is -0.395. The van der Waals surface area contributed by atoms with Crippen LogP contribution < -0.4 is 10.3 Å². The molecular weight excluding hydrogens is 564 g/mol. The van der Waals surface area contributed by atoms with Gasteiger partial charge in [0.15, 0.2) is 5.60 Å². The number of amides is 1. The van der Waals surface area contributed by atoms with Crippen LogP contribution >= 0.6 is 0 Å². The number of aliphatic hydroxyl groups excluding tert-OH is 1. The quantitative estimate of drug-likeness (QED) is 0.337. The van der Waals surface area contributed by atoms with Gasteiger partial charge >= 0.3 is 12.1 Å². The summed E-state index contributed by atoms with van der Waals surface area (Å²) in [7, 11) is 0. The number of ether oxygens (including phenoxy) is 2. The van der Waals surface area contributed by atoms with Gasteiger partial charge in [-0.15, -0.1) is 0 Å². The highest BCUT2D eigenvalue weighted by molar-refractivity contribution is 5.90. The summed E-state index contributed by atoms with van der Waals surface area (Å²) in [5, 5.41) is 22.8. The molecule has 3 aromatic rings. The first kappa shape index (κ1) is 28.9. The van der Waals surface area contributed by atoms with Gasteiger partial charge in [-0.25, -0.2) is 14.6 Å². The molecule has 0 radical (unpaired) electrons. The molecule has 0 bridgehead atoms. The van der Waals surface area contributed by atoms with Gasteiger partial charge in [-0.3, -0.25) is 9.69 Å². The van der Waals surface area contributed by atoms with E-state index in [-0.39, 0.29) is 35.8 Å². The van der Waals surface area contributed by atoms with Crippen LogP contribution in [0.15, 0.2) is 29.1 Å². The average molecular weight is 603 g/mol. The highest BCUT2D eigenvalue weighted by atomic mass is 16.6. The lowest BCUT2D eigenvalue weighted by atomic mass is 9.86. The molecule has 4 aliphatic heterocycles. The Morgan fingerprint density at radius 1 is 1.11 bits per heavy atom. The summed E-state index contributed by atoms with van der Waals surface area (Å²) in [6, 6.07) is 7.26. The third-order valence-electron chi connectivity index (χ3n) is 10.0. The monoisotopic (exact) mass is 602 g/mol. The Hall–Kier alpha value is -3.80. The number of piperidine rings is 2. The van der Waals surface area contributed by atoms with Crippen molar-refractivity contribution in [2.75, 3.05) is 19.6 Å². The van der Waals surface area contributed by atoms with E-state index in [0.29, 0.717) is 48.6 Å². The van der Waals surface area contributed by atoms with E-state index in [1.54, 1.807) is 35.8 Å². The standard InChI is InChI=1S/C33H38N4O7/c1-3-21-22-15-20(44-32(41)36-13-10-19(14-28(36)38)35-11-6-5-7-12-35)8-9-26(22)34-29-23(21)17-37-27(29)16-25-24(30(37)39)18-43-31(40)33(25,42)4-2/h8-9,15-16,19,28,38,42H,3-7,10-14,17-18H2,1-2H3/t19?,28?,33-/m0/s1. The number of carbonyl (C=O) groups is 2. The fourth-order valence-corrected chi connectivity index (χ4v) is 7.52. The van der Waals surface area contributed by atoms with Gasteiger partial charge in [0.05, 0.1) is 29.0 Å². The molecule has 6 heterocycles. The maximum atomic E-state index is 13.6. The minimum Gasteiger partial charge on any atom is -0.458 e. The van der Waals surface area contributed by atoms with Gasteiger partial charge in [0, 0.05) is 35.5 Å². The summed E-state index contributed by atoms with van der Waals surface area (Å²) in [4.78, 5) is 48.0. The maximum Gasteiger partial charge on any atom is 0.417 e. The van der Waals surface area contributed by atoms with Gasteiger partial charge in [-0.1, -0.05) is 20.3 Å². The molecule has 2 aromatic heterocycles. The zero-order chi connectivity index (χ0) is 30.7. The Morgan fingerprint density at radius 2 is 1.91 bits per heavy atom. The van der Waals surface area contributed by atoms with Crippen LogP contribution in [0.5, 0.6) is 5.75 Å². The second-order valence-electron chi connectivity index (χ2n) is 12.4. The third kappa shape index (κ3) is 4.52. The van der Waals surface area contributed by atoms with Crippen molar-refractivity contribution in [3.8, 4) is 17.1 Å². The zero-order valence-electron chi connectivity index (χ0n) is 25.2. The highest BCUT2D eigenvalue weighted by Crippen LogP contribution is 2.41. The first-order valence-corrected chi connectivity index (χ1v) is 15.8. The predicted octanol–water partition coefficient (Wildman–Crippen LogP) is 3.41. The van der Waals surface area contributed by atoms with Crippen LogP contribution in [0.25, 0.3) is 22.3 Å². The number of aryl methyl sites for hydroxylation is 1. The number of rotatable bonds is 4. The summed E-state index contributed by atoms with van der Waals surface area (Å²) >= 11 is 0. The van der Waals surface area contributed by atoms with Gasteiger partial charge in [0.1, 0.15) is 18.6 Å². The summed E-state index contributed by atoms with van der Waals surface area (Å²) < 4.78 is 12.6. The van der Waals surface area contributed by atoms with Gasteiger partial charge in [-0.05, 0) is 75.0 Å². The number of hydrogen-bond acceptors (Lipinski definition) is 9. The molecule has 232 valence electrons. The van der Waals surface area contributed by atoms with Crippen LogP contribution in [-0.4, -0.2) is 73.5 Å². The smallest absolute Gasteiger partial charge is 0.417 e. The number of carbonyl (C=O) groups excluding carboxylic acids is 2. The van der Waals surface area contributed by atoms with Crippen LogP contribution in [0.3, 0.4) is 0 Å².